The molecule has 0 radical (unpaired) electrons. The van der Waals surface area contributed by atoms with E-state index in [-0.39, 0.29) is 31.3 Å². The van der Waals surface area contributed by atoms with Crippen LogP contribution in [-0.4, -0.2) is 97.5 Å². The van der Waals surface area contributed by atoms with Gasteiger partial charge in [0.15, 0.2) is 0 Å². The van der Waals surface area contributed by atoms with Gasteiger partial charge in [-0.1, -0.05) is 54.6 Å². The lowest BCUT2D eigenvalue weighted by Crippen LogP contribution is -2.51. The summed E-state index contributed by atoms with van der Waals surface area (Å²) in [6.07, 6.45) is -0.420. The summed E-state index contributed by atoms with van der Waals surface area (Å²) < 4.78 is 46.5. The van der Waals surface area contributed by atoms with Gasteiger partial charge in [-0.25, -0.2) is 0 Å². The van der Waals surface area contributed by atoms with Gasteiger partial charge in [0, 0.05) is 43.5 Å². The maximum atomic E-state index is 10.6. The Kier molecular flexibility index (Phi) is 15.2. The van der Waals surface area contributed by atoms with E-state index >= 15 is 0 Å². The molecule has 0 unspecified atom stereocenters. The predicted molar refractivity (Wildman–Crippen MR) is 192 cm³/mol. The van der Waals surface area contributed by atoms with Gasteiger partial charge in [0.2, 0.25) is 0 Å². The van der Waals surface area contributed by atoms with Crippen molar-refractivity contribution >= 4 is 10.8 Å². The van der Waals surface area contributed by atoms with E-state index < -0.39 is 6.10 Å². The molecule has 50 heavy (non-hydrogen) atoms. The maximum Gasteiger partial charge on any atom is 0.127 e. The summed E-state index contributed by atoms with van der Waals surface area (Å²) in [5.41, 5.74) is 3.13. The number of methoxy groups -OCH3 is 3. The quantitative estimate of drug-likeness (QED) is 0.109. The van der Waals surface area contributed by atoms with E-state index in [0.717, 1.165) is 51.1 Å². The van der Waals surface area contributed by atoms with Crippen molar-refractivity contribution in [2.75, 3.05) is 74.1 Å². The van der Waals surface area contributed by atoms with Crippen LogP contribution in [0.15, 0.2) is 84.9 Å². The van der Waals surface area contributed by atoms with Gasteiger partial charge in [0.05, 0.1) is 79.3 Å². The van der Waals surface area contributed by atoms with Gasteiger partial charge in [0.1, 0.15) is 23.4 Å². The molecule has 0 aliphatic carbocycles. The molecule has 1 heterocycles. The summed E-state index contributed by atoms with van der Waals surface area (Å²) in [5.74, 6) is 2.35. The highest BCUT2D eigenvalue weighted by molar-refractivity contribution is 5.89. The molecular weight excluding hydrogens is 638 g/mol. The molecular formula is C40H51NO9. The molecule has 1 saturated heterocycles. The summed E-state index contributed by atoms with van der Waals surface area (Å²) >= 11 is 0. The fourth-order valence-electron chi connectivity index (χ4n) is 6.19. The molecule has 4 atom stereocenters. The van der Waals surface area contributed by atoms with Crippen LogP contribution >= 0.6 is 0 Å². The molecule has 2 N–H and O–H groups in total. The Labute approximate surface area is 295 Å². The van der Waals surface area contributed by atoms with Crippen molar-refractivity contribution in [3.63, 3.8) is 0 Å². The van der Waals surface area contributed by atoms with Crippen molar-refractivity contribution in [3.05, 3.63) is 102 Å². The van der Waals surface area contributed by atoms with Crippen molar-refractivity contribution in [1.29, 1.82) is 0 Å². The van der Waals surface area contributed by atoms with E-state index in [2.05, 4.69) is 35.6 Å². The first-order valence-electron chi connectivity index (χ1n) is 17.3. The lowest BCUT2D eigenvalue weighted by molar-refractivity contribution is -0.0896. The maximum absolute atomic E-state index is 10.6. The van der Waals surface area contributed by atoms with Crippen LogP contribution in [0.25, 0.3) is 10.8 Å². The molecule has 4 aromatic carbocycles. The summed E-state index contributed by atoms with van der Waals surface area (Å²) in [6, 6.07) is 28.4. The third-order valence-corrected chi connectivity index (χ3v) is 8.72. The number of fused-ring (bicyclic) bond motifs is 1. The first-order valence-corrected chi connectivity index (χ1v) is 17.3. The Morgan fingerprint density at radius 1 is 0.720 bits per heavy atom. The molecule has 1 fully saturated rings. The van der Waals surface area contributed by atoms with Crippen molar-refractivity contribution in [3.8, 4) is 17.2 Å². The minimum Gasteiger partial charge on any atom is -0.496 e. The minimum absolute atomic E-state index is 0.0855. The second kappa shape index (κ2) is 20.2. The van der Waals surface area contributed by atoms with Gasteiger partial charge >= 0.3 is 0 Å². The lowest BCUT2D eigenvalue weighted by Gasteiger charge is -2.39. The smallest absolute Gasteiger partial charge is 0.127 e. The average Bonchev–Trinajstić information content (AvgIpc) is 3.16. The molecule has 0 aromatic heterocycles. The molecule has 0 amide bonds. The van der Waals surface area contributed by atoms with Crippen LogP contribution in [0, 0.1) is 0 Å². The zero-order valence-electron chi connectivity index (χ0n) is 29.4. The van der Waals surface area contributed by atoms with E-state index in [0.29, 0.717) is 52.7 Å². The van der Waals surface area contributed by atoms with Crippen molar-refractivity contribution in [2.24, 2.45) is 0 Å². The Morgan fingerprint density at radius 3 is 2.28 bits per heavy atom. The topological polar surface area (TPSA) is 106 Å². The third-order valence-electron chi connectivity index (χ3n) is 8.72. The molecule has 0 bridgehead atoms. The van der Waals surface area contributed by atoms with Crippen molar-refractivity contribution in [2.45, 2.75) is 43.9 Å². The Hall–Kier alpha value is -3.74. The van der Waals surface area contributed by atoms with E-state index in [9.17, 15) is 5.11 Å². The van der Waals surface area contributed by atoms with Crippen molar-refractivity contribution in [1.82, 2.24) is 5.32 Å². The van der Waals surface area contributed by atoms with Gasteiger partial charge in [-0.2, -0.15) is 0 Å². The lowest BCUT2D eigenvalue weighted by atomic mass is 9.85. The number of ether oxygens (including phenoxy) is 8. The van der Waals surface area contributed by atoms with E-state index in [1.54, 1.807) is 21.3 Å². The van der Waals surface area contributed by atoms with E-state index in [1.165, 1.54) is 0 Å². The van der Waals surface area contributed by atoms with Gasteiger partial charge in [-0.05, 0) is 46.8 Å². The van der Waals surface area contributed by atoms with Crippen LogP contribution in [0.4, 0.5) is 0 Å². The zero-order valence-corrected chi connectivity index (χ0v) is 29.4. The van der Waals surface area contributed by atoms with E-state index in [4.69, 9.17) is 37.9 Å². The Balaban J connectivity index is 1.20. The SMILES string of the molecule is COCCOC[C@@H](O)CO[C@@H]1CNC[C@H](OCc2cc(OC)c3ccccc3c2)[C@H]1c1ccc(OCCCOCc2ccccc2OC)cc1. The number of nitrogens with one attached hydrogen (secondary N) is 1. The van der Waals surface area contributed by atoms with Crippen molar-refractivity contribution < 1.29 is 43.0 Å². The third kappa shape index (κ3) is 10.9. The average molecular weight is 690 g/mol. The molecule has 10 nitrogen and oxygen atoms in total. The summed E-state index contributed by atoms with van der Waals surface area (Å²) in [7, 11) is 4.98. The van der Waals surface area contributed by atoms with Crippen LogP contribution < -0.4 is 19.5 Å². The standard InChI is InChI=1S/C40H51NO9/c1-43-19-20-47-27-33(42)28-50-39-24-41-23-38(49-25-29-21-31-9-4-6-11-35(31)37(22-29)45-3)40(39)30-13-15-34(16-14-30)48-18-8-17-46-26-32-10-5-7-12-36(32)44-2/h4-7,9-16,21-22,33,38-42H,8,17-20,23-28H2,1-3H3/t33-,38+,39-,40-/m1/s1. The fourth-order valence-corrected chi connectivity index (χ4v) is 6.19. The molecule has 4 aromatic rings. The molecule has 0 saturated carbocycles. The van der Waals surface area contributed by atoms with Crippen LogP contribution in [0.3, 0.4) is 0 Å². The first kappa shape index (κ1) is 37.5. The molecule has 5 rings (SSSR count). The molecule has 1 aliphatic heterocycles. The van der Waals surface area contributed by atoms with Gasteiger partial charge in [0.25, 0.3) is 0 Å². The number of aliphatic hydroxyl groups excluding tert-OH is 1. The number of para-hydroxylation sites is 1. The number of aliphatic hydroxyl groups is 1. The molecule has 0 spiro atoms. The second-order valence-corrected chi connectivity index (χ2v) is 12.3. The highest BCUT2D eigenvalue weighted by atomic mass is 16.5. The number of piperidine rings is 1. The van der Waals surface area contributed by atoms with Crippen LogP contribution in [0.5, 0.6) is 17.2 Å². The summed E-state index contributed by atoms with van der Waals surface area (Å²) in [6.45, 7) is 4.51. The second-order valence-electron chi connectivity index (χ2n) is 12.3. The Morgan fingerprint density at radius 2 is 1.48 bits per heavy atom. The molecule has 10 heteroatoms. The highest BCUT2D eigenvalue weighted by Crippen LogP contribution is 2.33. The molecule has 270 valence electrons. The van der Waals surface area contributed by atoms with Crippen LogP contribution in [-0.2, 0) is 36.9 Å². The van der Waals surface area contributed by atoms with E-state index in [1.807, 2.05) is 54.6 Å². The molecule has 1 aliphatic rings. The van der Waals surface area contributed by atoms with Gasteiger partial charge < -0.3 is 48.3 Å². The Bertz CT molecular complexity index is 1570. The number of hydrogen-bond acceptors (Lipinski definition) is 10. The monoisotopic (exact) mass is 689 g/mol. The minimum atomic E-state index is -0.756. The highest BCUT2D eigenvalue weighted by Gasteiger charge is 2.36. The number of rotatable bonds is 21. The van der Waals surface area contributed by atoms with Gasteiger partial charge in [-0.3, -0.25) is 0 Å². The normalized spacial score (nSPS) is 18.2. The summed E-state index contributed by atoms with van der Waals surface area (Å²) in [5, 5.41) is 16.2. The van der Waals surface area contributed by atoms with Crippen LogP contribution in [0.2, 0.25) is 0 Å². The number of benzene rings is 4. The zero-order chi connectivity index (χ0) is 35.0. The predicted octanol–water partition coefficient (Wildman–Crippen LogP) is 5.52. The van der Waals surface area contributed by atoms with Gasteiger partial charge in [-0.15, -0.1) is 0 Å². The first-order chi connectivity index (χ1) is 24.6. The van der Waals surface area contributed by atoms with Crippen LogP contribution in [0.1, 0.15) is 29.0 Å². The fraction of sp³-hybridized carbons (Fsp3) is 0.450. The largest absolute Gasteiger partial charge is 0.496 e. The number of hydrogen-bond donors (Lipinski definition) is 2. The summed E-state index contributed by atoms with van der Waals surface area (Å²) in [4.78, 5) is 0.